The molecular weight excluding hydrogens is 372 g/mol. The van der Waals surface area contributed by atoms with Gasteiger partial charge in [0.15, 0.2) is 6.04 Å². The highest BCUT2D eigenvalue weighted by Gasteiger charge is 2.34. The largest absolute Gasteiger partial charge is 0.480 e. The molecule has 1 unspecified atom stereocenters. The quantitative estimate of drug-likeness (QED) is 0.863. The van der Waals surface area contributed by atoms with Crippen LogP contribution in [0.5, 0.6) is 0 Å². The van der Waals surface area contributed by atoms with Crippen molar-refractivity contribution < 1.29 is 9.90 Å². The Morgan fingerprint density at radius 1 is 1.17 bits per heavy atom. The fourth-order valence-corrected chi connectivity index (χ4v) is 3.52. The minimum Gasteiger partial charge on any atom is -0.480 e. The summed E-state index contributed by atoms with van der Waals surface area (Å²) >= 11 is 3.55. The summed E-state index contributed by atoms with van der Waals surface area (Å²) in [5, 5.41) is 9.81. The zero-order chi connectivity index (χ0) is 17.3. The van der Waals surface area contributed by atoms with Gasteiger partial charge in [-0.15, -0.1) is 0 Å². The smallest absolute Gasteiger partial charge is 0.327 e. The van der Waals surface area contributed by atoms with Gasteiger partial charge in [-0.25, -0.2) is 4.98 Å². The fourth-order valence-electron chi connectivity index (χ4n) is 3.05. The van der Waals surface area contributed by atoms with Gasteiger partial charge in [0.25, 0.3) is 0 Å². The molecule has 2 heterocycles. The zero-order valence-electron chi connectivity index (χ0n) is 13.8. The SMILES string of the molecule is CN1CCN(C(C(=O)O)c2nc(-c3ccccc3)n(C)c2Br)CC1. The standard InChI is InChI=1S/C17H21BrN4O2/c1-20-8-10-22(11-9-20)14(17(23)24)13-15(18)21(2)16(19-13)12-6-4-3-5-7-12/h3-7,14H,8-11H2,1-2H3,(H,23,24). The fraction of sp³-hybridized carbons (Fsp3) is 0.412. The molecule has 1 atom stereocenters. The van der Waals surface area contributed by atoms with Crippen molar-refractivity contribution in [3.63, 3.8) is 0 Å². The lowest BCUT2D eigenvalue weighted by Gasteiger charge is -2.35. The van der Waals surface area contributed by atoms with Gasteiger partial charge in [-0.2, -0.15) is 0 Å². The normalized spacial score (nSPS) is 17.8. The summed E-state index contributed by atoms with van der Waals surface area (Å²) in [5.41, 5.74) is 1.53. The van der Waals surface area contributed by atoms with E-state index in [0.717, 1.165) is 37.6 Å². The monoisotopic (exact) mass is 392 g/mol. The number of carboxylic acids is 1. The summed E-state index contributed by atoms with van der Waals surface area (Å²) in [6.07, 6.45) is 0. The van der Waals surface area contributed by atoms with Gasteiger partial charge in [0, 0.05) is 38.8 Å². The molecule has 24 heavy (non-hydrogen) atoms. The molecular formula is C17H21BrN4O2. The van der Waals surface area contributed by atoms with E-state index >= 15 is 0 Å². The van der Waals surface area contributed by atoms with Crippen molar-refractivity contribution in [1.29, 1.82) is 0 Å². The van der Waals surface area contributed by atoms with Crippen molar-refractivity contribution in [3.8, 4) is 11.4 Å². The number of likely N-dealkylation sites (N-methyl/N-ethyl adjacent to an activating group) is 1. The molecule has 0 spiro atoms. The van der Waals surface area contributed by atoms with Gasteiger partial charge in [0.1, 0.15) is 16.1 Å². The van der Waals surface area contributed by atoms with Gasteiger partial charge in [-0.1, -0.05) is 30.3 Å². The van der Waals surface area contributed by atoms with Crippen molar-refractivity contribution in [3.05, 3.63) is 40.6 Å². The summed E-state index contributed by atoms with van der Waals surface area (Å²) in [4.78, 5) is 20.8. The van der Waals surface area contributed by atoms with Gasteiger partial charge in [0.2, 0.25) is 0 Å². The lowest BCUT2D eigenvalue weighted by molar-refractivity contribution is -0.144. The molecule has 0 bridgehead atoms. The number of hydrogen-bond acceptors (Lipinski definition) is 4. The number of aromatic nitrogens is 2. The number of nitrogens with zero attached hydrogens (tertiary/aromatic N) is 4. The maximum Gasteiger partial charge on any atom is 0.327 e. The highest BCUT2D eigenvalue weighted by Crippen LogP contribution is 2.32. The van der Waals surface area contributed by atoms with E-state index in [2.05, 4.69) is 32.9 Å². The summed E-state index contributed by atoms with van der Waals surface area (Å²) in [6.45, 7) is 3.16. The van der Waals surface area contributed by atoms with Gasteiger partial charge in [-0.05, 0) is 23.0 Å². The lowest BCUT2D eigenvalue weighted by Crippen LogP contribution is -2.48. The first-order chi connectivity index (χ1) is 11.5. The molecule has 0 aliphatic carbocycles. The molecule has 0 radical (unpaired) electrons. The summed E-state index contributed by atoms with van der Waals surface area (Å²) < 4.78 is 2.61. The summed E-state index contributed by atoms with van der Waals surface area (Å²) in [7, 11) is 3.95. The average Bonchev–Trinajstić information content (AvgIpc) is 2.86. The molecule has 6 nitrogen and oxygen atoms in total. The molecule has 2 aromatic rings. The van der Waals surface area contributed by atoms with Crippen LogP contribution in [0.4, 0.5) is 0 Å². The first kappa shape index (κ1) is 17.1. The van der Waals surface area contributed by atoms with Crippen LogP contribution in [0.15, 0.2) is 34.9 Å². The van der Waals surface area contributed by atoms with Crippen LogP contribution >= 0.6 is 15.9 Å². The predicted molar refractivity (Wildman–Crippen MR) is 95.8 cm³/mol. The van der Waals surface area contributed by atoms with Crippen molar-refractivity contribution in [2.24, 2.45) is 7.05 Å². The Kier molecular flexibility index (Phi) is 5.03. The van der Waals surface area contributed by atoms with E-state index in [1.807, 2.05) is 46.8 Å². The highest BCUT2D eigenvalue weighted by molar-refractivity contribution is 9.10. The van der Waals surface area contributed by atoms with Crippen molar-refractivity contribution in [2.75, 3.05) is 33.2 Å². The third-order valence-corrected chi connectivity index (χ3v) is 5.42. The molecule has 0 saturated carbocycles. The molecule has 1 N–H and O–H groups in total. The number of rotatable bonds is 4. The molecule has 0 amide bonds. The van der Waals surface area contributed by atoms with Crippen LogP contribution in [0.3, 0.4) is 0 Å². The van der Waals surface area contributed by atoms with Gasteiger partial charge in [-0.3, -0.25) is 9.69 Å². The molecule has 1 aromatic carbocycles. The maximum absolute atomic E-state index is 12.0. The maximum atomic E-state index is 12.0. The van der Waals surface area contributed by atoms with Crippen LogP contribution in [0.1, 0.15) is 11.7 Å². The first-order valence-corrected chi connectivity index (χ1v) is 8.71. The van der Waals surface area contributed by atoms with Crippen LogP contribution in [0.25, 0.3) is 11.4 Å². The number of aliphatic carboxylic acids is 1. The van der Waals surface area contributed by atoms with Crippen LogP contribution in [0.2, 0.25) is 0 Å². The summed E-state index contributed by atoms with van der Waals surface area (Å²) in [6, 6.07) is 9.07. The molecule has 1 aliphatic heterocycles. The minimum atomic E-state index is -0.863. The number of carbonyl (C=O) groups is 1. The Labute approximate surface area is 149 Å². The Bertz CT molecular complexity index is 724. The number of carboxylic acid groups (broad SMARTS) is 1. The molecule has 1 aromatic heterocycles. The van der Waals surface area contributed by atoms with E-state index in [1.54, 1.807) is 0 Å². The van der Waals surface area contributed by atoms with E-state index in [9.17, 15) is 9.90 Å². The number of piperazine rings is 1. The van der Waals surface area contributed by atoms with Crippen molar-refractivity contribution in [2.45, 2.75) is 6.04 Å². The molecule has 1 saturated heterocycles. The third-order valence-electron chi connectivity index (χ3n) is 4.48. The Hall–Kier alpha value is -1.70. The minimum absolute atomic E-state index is 0.563. The number of hydrogen-bond donors (Lipinski definition) is 1. The average molecular weight is 393 g/mol. The van der Waals surface area contributed by atoms with Crippen LogP contribution in [-0.4, -0.2) is 63.7 Å². The van der Waals surface area contributed by atoms with Crippen LogP contribution in [-0.2, 0) is 11.8 Å². The number of imidazole rings is 1. The second kappa shape index (κ2) is 7.04. The lowest BCUT2D eigenvalue weighted by atomic mass is 10.1. The topological polar surface area (TPSA) is 61.6 Å². The Morgan fingerprint density at radius 2 is 1.79 bits per heavy atom. The second-order valence-electron chi connectivity index (χ2n) is 6.12. The van der Waals surface area contributed by atoms with E-state index in [4.69, 9.17) is 0 Å². The number of halogens is 1. The van der Waals surface area contributed by atoms with Crippen molar-refractivity contribution in [1.82, 2.24) is 19.4 Å². The molecule has 1 fully saturated rings. The predicted octanol–water partition coefficient (Wildman–Crippen LogP) is 2.22. The Morgan fingerprint density at radius 3 is 2.38 bits per heavy atom. The van der Waals surface area contributed by atoms with Gasteiger partial charge >= 0.3 is 5.97 Å². The van der Waals surface area contributed by atoms with Gasteiger partial charge < -0.3 is 14.6 Å². The first-order valence-electron chi connectivity index (χ1n) is 7.92. The number of benzene rings is 1. The molecule has 3 rings (SSSR count). The second-order valence-corrected chi connectivity index (χ2v) is 6.87. The Balaban J connectivity index is 1.99. The zero-order valence-corrected chi connectivity index (χ0v) is 15.4. The highest BCUT2D eigenvalue weighted by atomic mass is 79.9. The van der Waals surface area contributed by atoms with E-state index in [1.165, 1.54) is 0 Å². The molecule has 1 aliphatic rings. The van der Waals surface area contributed by atoms with Crippen LogP contribution in [0, 0.1) is 0 Å². The third kappa shape index (κ3) is 3.24. The molecule has 128 valence electrons. The van der Waals surface area contributed by atoms with E-state index in [0.29, 0.717) is 10.3 Å². The van der Waals surface area contributed by atoms with Gasteiger partial charge in [0.05, 0.1) is 0 Å². The summed E-state index contributed by atoms with van der Waals surface area (Å²) in [5.74, 6) is -0.101. The van der Waals surface area contributed by atoms with Crippen LogP contribution < -0.4 is 0 Å². The van der Waals surface area contributed by atoms with Crippen molar-refractivity contribution >= 4 is 21.9 Å². The van der Waals surface area contributed by atoms with E-state index in [-0.39, 0.29) is 0 Å². The van der Waals surface area contributed by atoms with E-state index < -0.39 is 12.0 Å². The molecule has 7 heteroatoms.